The number of hydrogen-bond acceptors (Lipinski definition) is 4. The SMILES string of the molecule is Cc1ccc(CN2CCC(COc3cnccn3)CC2)cc1. The van der Waals surface area contributed by atoms with Gasteiger partial charge in [-0.05, 0) is 44.3 Å². The van der Waals surface area contributed by atoms with E-state index in [4.69, 9.17) is 4.74 Å². The minimum atomic E-state index is 0.622. The van der Waals surface area contributed by atoms with Crippen molar-refractivity contribution in [3.63, 3.8) is 0 Å². The first kappa shape index (κ1) is 15.0. The average Bonchev–Trinajstić information content (AvgIpc) is 2.57. The van der Waals surface area contributed by atoms with E-state index in [-0.39, 0.29) is 0 Å². The molecule has 0 unspecified atom stereocenters. The highest BCUT2D eigenvalue weighted by Crippen LogP contribution is 2.20. The van der Waals surface area contributed by atoms with Gasteiger partial charge in [0.2, 0.25) is 5.88 Å². The van der Waals surface area contributed by atoms with Crippen LogP contribution in [0.5, 0.6) is 5.88 Å². The summed E-state index contributed by atoms with van der Waals surface area (Å²) in [6.07, 6.45) is 7.38. The molecule has 2 heterocycles. The standard InChI is InChI=1S/C18H23N3O/c1-15-2-4-16(5-3-15)13-21-10-6-17(7-11-21)14-22-18-12-19-8-9-20-18/h2-5,8-9,12,17H,6-7,10-11,13-14H2,1H3. The second-order valence-electron chi connectivity index (χ2n) is 6.06. The molecule has 3 rings (SSSR count). The molecule has 0 saturated carbocycles. The third-order valence-electron chi connectivity index (χ3n) is 4.24. The number of rotatable bonds is 5. The smallest absolute Gasteiger partial charge is 0.232 e. The first-order chi connectivity index (χ1) is 10.8. The van der Waals surface area contributed by atoms with Gasteiger partial charge in [0.15, 0.2) is 0 Å². The molecular weight excluding hydrogens is 274 g/mol. The molecule has 0 atom stereocenters. The molecule has 0 radical (unpaired) electrons. The van der Waals surface area contributed by atoms with Gasteiger partial charge in [0.1, 0.15) is 0 Å². The zero-order chi connectivity index (χ0) is 15.2. The van der Waals surface area contributed by atoms with Gasteiger partial charge in [-0.3, -0.25) is 9.88 Å². The van der Waals surface area contributed by atoms with E-state index in [2.05, 4.69) is 46.1 Å². The average molecular weight is 297 g/mol. The first-order valence-electron chi connectivity index (χ1n) is 7.96. The van der Waals surface area contributed by atoms with Crippen molar-refractivity contribution in [3.8, 4) is 5.88 Å². The number of ether oxygens (including phenoxy) is 1. The summed E-state index contributed by atoms with van der Waals surface area (Å²) in [5.74, 6) is 1.25. The first-order valence-corrected chi connectivity index (χ1v) is 7.96. The monoisotopic (exact) mass is 297 g/mol. The molecule has 4 nitrogen and oxygen atoms in total. The Kier molecular flexibility index (Phi) is 5.01. The second kappa shape index (κ2) is 7.36. The van der Waals surface area contributed by atoms with Crippen molar-refractivity contribution in [2.75, 3.05) is 19.7 Å². The molecule has 0 spiro atoms. The summed E-state index contributed by atoms with van der Waals surface area (Å²) in [6, 6.07) is 8.85. The largest absolute Gasteiger partial charge is 0.476 e. The van der Waals surface area contributed by atoms with Gasteiger partial charge in [-0.15, -0.1) is 0 Å². The molecule has 0 bridgehead atoms. The van der Waals surface area contributed by atoms with E-state index in [1.165, 1.54) is 24.0 Å². The summed E-state index contributed by atoms with van der Waals surface area (Å²) < 4.78 is 5.72. The van der Waals surface area contributed by atoms with Crippen LogP contribution in [-0.2, 0) is 6.54 Å². The molecule has 0 aliphatic carbocycles. The Bertz CT molecular complexity index is 563. The number of benzene rings is 1. The van der Waals surface area contributed by atoms with Crippen LogP contribution < -0.4 is 4.74 Å². The molecule has 0 amide bonds. The fraction of sp³-hybridized carbons (Fsp3) is 0.444. The predicted octanol–water partition coefficient (Wildman–Crippen LogP) is 3.08. The lowest BCUT2D eigenvalue weighted by molar-refractivity contribution is 0.134. The van der Waals surface area contributed by atoms with E-state index in [0.717, 1.165) is 26.2 Å². The zero-order valence-electron chi connectivity index (χ0n) is 13.1. The lowest BCUT2D eigenvalue weighted by Crippen LogP contribution is -2.35. The fourth-order valence-corrected chi connectivity index (χ4v) is 2.83. The highest BCUT2D eigenvalue weighted by Gasteiger charge is 2.19. The van der Waals surface area contributed by atoms with Gasteiger partial charge >= 0.3 is 0 Å². The van der Waals surface area contributed by atoms with Crippen LogP contribution in [0.15, 0.2) is 42.9 Å². The maximum Gasteiger partial charge on any atom is 0.232 e. The number of nitrogens with zero attached hydrogens (tertiary/aromatic N) is 3. The summed E-state index contributed by atoms with van der Waals surface area (Å²) in [5.41, 5.74) is 2.73. The van der Waals surface area contributed by atoms with Crippen molar-refractivity contribution in [1.82, 2.24) is 14.9 Å². The highest BCUT2D eigenvalue weighted by molar-refractivity contribution is 5.21. The number of piperidine rings is 1. The maximum atomic E-state index is 5.72. The minimum absolute atomic E-state index is 0.622. The Balaban J connectivity index is 1.41. The lowest BCUT2D eigenvalue weighted by Gasteiger charge is -2.31. The molecule has 4 heteroatoms. The summed E-state index contributed by atoms with van der Waals surface area (Å²) in [6.45, 7) is 6.21. The highest BCUT2D eigenvalue weighted by atomic mass is 16.5. The van der Waals surface area contributed by atoms with Gasteiger partial charge < -0.3 is 4.74 Å². The van der Waals surface area contributed by atoms with E-state index in [0.29, 0.717) is 11.8 Å². The molecule has 1 aliphatic heterocycles. The quantitative estimate of drug-likeness (QED) is 0.850. The van der Waals surface area contributed by atoms with E-state index in [1.807, 2.05) is 0 Å². The van der Waals surface area contributed by atoms with Gasteiger partial charge in [-0.2, -0.15) is 0 Å². The Morgan fingerprint density at radius 3 is 2.59 bits per heavy atom. The van der Waals surface area contributed by atoms with Crippen LogP contribution in [0.4, 0.5) is 0 Å². The van der Waals surface area contributed by atoms with E-state index in [1.54, 1.807) is 18.6 Å². The number of aryl methyl sites for hydroxylation is 1. The topological polar surface area (TPSA) is 38.2 Å². The van der Waals surface area contributed by atoms with Gasteiger partial charge in [0.05, 0.1) is 12.8 Å². The summed E-state index contributed by atoms with van der Waals surface area (Å²) in [7, 11) is 0. The molecular formula is C18H23N3O. The molecule has 1 saturated heterocycles. The van der Waals surface area contributed by atoms with Crippen LogP contribution in [0.3, 0.4) is 0 Å². The molecule has 116 valence electrons. The third kappa shape index (κ3) is 4.28. The molecule has 0 N–H and O–H groups in total. The molecule has 1 aliphatic rings. The molecule has 2 aromatic rings. The Labute approximate surface area is 132 Å². The summed E-state index contributed by atoms with van der Waals surface area (Å²) in [4.78, 5) is 10.7. The zero-order valence-corrected chi connectivity index (χ0v) is 13.1. The van der Waals surface area contributed by atoms with Crippen molar-refractivity contribution < 1.29 is 4.74 Å². The number of hydrogen-bond donors (Lipinski definition) is 0. The minimum Gasteiger partial charge on any atom is -0.476 e. The van der Waals surface area contributed by atoms with Crippen molar-refractivity contribution in [3.05, 3.63) is 54.0 Å². The molecule has 1 fully saturated rings. The van der Waals surface area contributed by atoms with Gasteiger partial charge in [-0.1, -0.05) is 29.8 Å². The van der Waals surface area contributed by atoms with Crippen LogP contribution in [0.1, 0.15) is 24.0 Å². The van der Waals surface area contributed by atoms with Gasteiger partial charge in [0.25, 0.3) is 0 Å². The van der Waals surface area contributed by atoms with Crippen molar-refractivity contribution in [1.29, 1.82) is 0 Å². The Morgan fingerprint density at radius 2 is 1.91 bits per heavy atom. The number of likely N-dealkylation sites (tertiary alicyclic amines) is 1. The van der Waals surface area contributed by atoms with E-state index in [9.17, 15) is 0 Å². The fourth-order valence-electron chi connectivity index (χ4n) is 2.83. The number of aromatic nitrogens is 2. The molecule has 22 heavy (non-hydrogen) atoms. The third-order valence-corrected chi connectivity index (χ3v) is 4.24. The summed E-state index contributed by atoms with van der Waals surface area (Å²) in [5, 5.41) is 0. The van der Waals surface area contributed by atoms with Crippen molar-refractivity contribution in [2.45, 2.75) is 26.3 Å². The van der Waals surface area contributed by atoms with Crippen LogP contribution >= 0.6 is 0 Å². The summed E-state index contributed by atoms with van der Waals surface area (Å²) >= 11 is 0. The molecule has 1 aromatic heterocycles. The van der Waals surface area contributed by atoms with Crippen LogP contribution in [0.2, 0.25) is 0 Å². The van der Waals surface area contributed by atoms with Crippen LogP contribution in [0, 0.1) is 12.8 Å². The van der Waals surface area contributed by atoms with E-state index >= 15 is 0 Å². The van der Waals surface area contributed by atoms with Crippen LogP contribution in [-0.4, -0.2) is 34.6 Å². The van der Waals surface area contributed by atoms with Crippen LogP contribution in [0.25, 0.3) is 0 Å². The lowest BCUT2D eigenvalue weighted by atomic mass is 9.97. The van der Waals surface area contributed by atoms with Gasteiger partial charge in [-0.25, -0.2) is 4.98 Å². The predicted molar refractivity (Wildman–Crippen MR) is 86.7 cm³/mol. The second-order valence-corrected chi connectivity index (χ2v) is 6.06. The molecule has 1 aromatic carbocycles. The maximum absolute atomic E-state index is 5.72. The van der Waals surface area contributed by atoms with Crippen molar-refractivity contribution in [2.24, 2.45) is 5.92 Å². The van der Waals surface area contributed by atoms with Gasteiger partial charge in [0, 0.05) is 18.9 Å². The van der Waals surface area contributed by atoms with Crippen molar-refractivity contribution >= 4 is 0 Å². The Morgan fingerprint density at radius 1 is 1.14 bits per heavy atom. The normalized spacial score (nSPS) is 16.6. The van der Waals surface area contributed by atoms with E-state index < -0.39 is 0 Å². The Hall–Kier alpha value is -1.94.